The molecule has 0 aliphatic rings. The van der Waals surface area contributed by atoms with Gasteiger partial charge in [0.2, 0.25) is 20.0 Å². The molecule has 0 unspecified atom stereocenters. The summed E-state index contributed by atoms with van der Waals surface area (Å²) >= 11 is 0. The van der Waals surface area contributed by atoms with Crippen LogP contribution in [0.15, 0.2) is 40.6 Å². The molecule has 0 heterocycles. The lowest BCUT2D eigenvalue weighted by Crippen LogP contribution is -2.25. The van der Waals surface area contributed by atoms with Gasteiger partial charge in [-0.05, 0) is 24.6 Å². The van der Waals surface area contributed by atoms with Crippen LogP contribution in [0.3, 0.4) is 0 Å². The minimum atomic E-state index is -4.08. The fourth-order valence-electron chi connectivity index (χ4n) is 1.25. The van der Waals surface area contributed by atoms with Gasteiger partial charge in [-0.25, -0.2) is 31.1 Å². The Kier molecular flexibility index (Phi) is 4.80. The summed E-state index contributed by atoms with van der Waals surface area (Å²) in [5, 5.41) is 4.81. The van der Waals surface area contributed by atoms with Crippen molar-refractivity contribution in [3.63, 3.8) is 0 Å². The molecule has 1 rings (SSSR count). The number of sulfonamides is 2. The summed E-state index contributed by atoms with van der Waals surface area (Å²) in [6.07, 6.45) is 1.89. The van der Waals surface area contributed by atoms with Gasteiger partial charge >= 0.3 is 0 Å². The number of halogens is 1. The first-order valence-electron chi connectivity index (χ1n) is 5.11. The van der Waals surface area contributed by atoms with E-state index in [9.17, 15) is 21.2 Å². The van der Waals surface area contributed by atoms with Crippen LogP contribution in [0, 0.1) is 5.82 Å². The van der Waals surface area contributed by atoms with Crippen molar-refractivity contribution in [2.24, 2.45) is 5.14 Å². The van der Waals surface area contributed by atoms with E-state index in [0.29, 0.717) is 12.5 Å². The van der Waals surface area contributed by atoms with E-state index in [1.165, 1.54) is 6.08 Å². The van der Waals surface area contributed by atoms with Crippen LogP contribution in [0.4, 0.5) is 4.39 Å². The molecule has 0 saturated heterocycles. The Bertz CT molecular complexity index is 683. The maximum Gasteiger partial charge on any atom is 0.243 e. The van der Waals surface area contributed by atoms with Gasteiger partial charge in [0.25, 0.3) is 0 Å². The third-order valence-electron chi connectivity index (χ3n) is 2.16. The predicted octanol–water partition coefficient (Wildman–Crippen LogP) is 0.328. The zero-order valence-corrected chi connectivity index (χ0v) is 11.5. The quantitative estimate of drug-likeness (QED) is 0.583. The van der Waals surface area contributed by atoms with Gasteiger partial charge in [-0.3, -0.25) is 0 Å². The summed E-state index contributed by atoms with van der Waals surface area (Å²) in [5.74, 6) is -1.18. The van der Waals surface area contributed by atoms with Gasteiger partial charge in [-0.1, -0.05) is 6.08 Å². The van der Waals surface area contributed by atoms with Crippen molar-refractivity contribution in [1.29, 1.82) is 0 Å². The van der Waals surface area contributed by atoms with Gasteiger partial charge in [-0.15, -0.1) is 6.58 Å². The molecule has 19 heavy (non-hydrogen) atoms. The van der Waals surface area contributed by atoms with Gasteiger partial charge in [0.1, 0.15) is 10.7 Å². The lowest BCUT2D eigenvalue weighted by atomic mass is 10.3. The molecule has 1 aromatic rings. The Morgan fingerprint density at radius 3 is 2.42 bits per heavy atom. The van der Waals surface area contributed by atoms with Gasteiger partial charge in [0.05, 0.1) is 4.90 Å². The van der Waals surface area contributed by atoms with Crippen LogP contribution in [0.1, 0.15) is 6.42 Å². The smallest absolute Gasteiger partial charge is 0.225 e. The zero-order valence-electron chi connectivity index (χ0n) is 9.84. The number of nitrogens with one attached hydrogen (secondary N) is 1. The van der Waals surface area contributed by atoms with Crippen molar-refractivity contribution < 1.29 is 21.2 Å². The molecule has 0 saturated carbocycles. The van der Waals surface area contributed by atoms with Gasteiger partial charge in [0, 0.05) is 6.54 Å². The molecular weight excluding hydrogens is 295 g/mol. The van der Waals surface area contributed by atoms with Crippen LogP contribution in [0.2, 0.25) is 0 Å². The van der Waals surface area contributed by atoms with E-state index >= 15 is 0 Å². The van der Waals surface area contributed by atoms with Crippen LogP contribution in [0.25, 0.3) is 0 Å². The third kappa shape index (κ3) is 4.10. The van der Waals surface area contributed by atoms with Crippen LogP contribution in [0.5, 0.6) is 0 Å². The Hall–Kier alpha value is -1.29. The van der Waals surface area contributed by atoms with Crippen LogP contribution >= 0.6 is 0 Å². The minimum absolute atomic E-state index is 0.0716. The molecule has 1 aromatic carbocycles. The summed E-state index contributed by atoms with van der Waals surface area (Å²) in [7, 11) is -8.11. The molecule has 0 aromatic heterocycles. The summed E-state index contributed by atoms with van der Waals surface area (Å²) < 4.78 is 61.2. The van der Waals surface area contributed by atoms with Crippen molar-refractivity contribution in [2.45, 2.75) is 16.2 Å². The van der Waals surface area contributed by atoms with Gasteiger partial charge < -0.3 is 0 Å². The van der Waals surface area contributed by atoms with E-state index in [0.717, 1.165) is 12.1 Å². The molecule has 0 bridgehead atoms. The molecule has 0 amide bonds. The lowest BCUT2D eigenvalue weighted by molar-refractivity contribution is 0.553. The first kappa shape index (κ1) is 15.8. The summed E-state index contributed by atoms with van der Waals surface area (Å²) in [5.41, 5.74) is 0. The number of benzene rings is 1. The highest BCUT2D eigenvalue weighted by atomic mass is 32.2. The number of nitrogens with two attached hydrogens (primary N) is 1. The van der Waals surface area contributed by atoms with Gasteiger partial charge in [-0.2, -0.15) is 0 Å². The second-order valence-electron chi connectivity index (χ2n) is 3.61. The van der Waals surface area contributed by atoms with E-state index in [2.05, 4.69) is 11.3 Å². The minimum Gasteiger partial charge on any atom is -0.225 e. The van der Waals surface area contributed by atoms with Crippen molar-refractivity contribution in [1.82, 2.24) is 4.72 Å². The third-order valence-corrected chi connectivity index (χ3v) is 4.57. The maximum absolute atomic E-state index is 13.6. The number of hydrogen-bond donors (Lipinski definition) is 2. The maximum atomic E-state index is 13.6. The molecule has 106 valence electrons. The second kappa shape index (κ2) is 5.78. The highest BCUT2D eigenvalue weighted by Gasteiger charge is 2.20. The molecular formula is C10H13FN2O4S2. The fraction of sp³-hybridized carbons (Fsp3) is 0.200. The van der Waals surface area contributed by atoms with Gasteiger partial charge in [0.15, 0.2) is 0 Å². The van der Waals surface area contributed by atoms with Crippen LogP contribution in [-0.4, -0.2) is 23.4 Å². The molecule has 0 fully saturated rings. The standard InChI is InChI=1S/C10H13FN2O4S2/c1-2-3-6-13-19(16,17)10-5-4-8(7-9(10)11)18(12,14)15/h2,4-5,7,13H,1,3,6H2,(H2,12,14,15). The highest BCUT2D eigenvalue weighted by Crippen LogP contribution is 2.18. The SMILES string of the molecule is C=CCCNS(=O)(=O)c1ccc(S(N)(=O)=O)cc1F. The fourth-order valence-corrected chi connectivity index (χ4v) is 2.88. The average Bonchev–Trinajstić information content (AvgIpc) is 2.27. The number of hydrogen-bond acceptors (Lipinski definition) is 4. The molecule has 9 heteroatoms. The normalized spacial score (nSPS) is 12.3. The van der Waals surface area contributed by atoms with Crippen molar-refractivity contribution >= 4 is 20.0 Å². The summed E-state index contributed by atoms with van der Waals surface area (Å²) in [6, 6.07) is 2.35. The Morgan fingerprint density at radius 2 is 1.95 bits per heavy atom. The highest BCUT2D eigenvalue weighted by molar-refractivity contribution is 7.89. The largest absolute Gasteiger partial charge is 0.243 e. The molecule has 0 spiro atoms. The molecule has 0 radical (unpaired) electrons. The molecule has 6 nitrogen and oxygen atoms in total. The van der Waals surface area contributed by atoms with Crippen molar-refractivity contribution in [3.8, 4) is 0 Å². The predicted molar refractivity (Wildman–Crippen MR) is 67.8 cm³/mol. The second-order valence-corrected chi connectivity index (χ2v) is 6.91. The first-order valence-corrected chi connectivity index (χ1v) is 8.14. The average molecular weight is 308 g/mol. The summed E-state index contributed by atoms with van der Waals surface area (Å²) in [6.45, 7) is 3.49. The molecule has 0 atom stereocenters. The summed E-state index contributed by atoms with van der Waals surface area (Å²) in [4.78, 5) is -1.13. The topological polar surface area (TPSA) is 106 Å². The zero-order chi connectivity index (χ0) is 14.7. The first-order chi connectivity index (χ1) is 8.68. The Morgan fingerprint density at radius 1 is 1.32 bits per heavy atom. The lowest BCUT2D eigenvalue weighted by Gasteiger charge is -2.07. The Balaban J connectivity index is 3.12. The molecule has 0 aliphatic heterocycles. The molecule has 3 N–H and O–H groups in total. The van der Waals surface area contributed by atoms with Crippen LogP contribution < -0.4 is 9.86 Å². The van der Waals surface area contributed by atoms with Crippen LogP contribution in [-0.2, 0) is 20.0 Å². The van der Waals surface area contributed by atoms with E-state index in [1.54, 1.807) is 0 Å². The van der Waals surface area contributed by atoms with E-state index < -0.39 is 35.7 Å². The Labute approximate surface area is 111 Å². The monoisotopic (exact) mass is 308 g/mol. The molecule has 0 aliphatic carbocycles. The van der Waals surface area contributed by atoms with E-state index in [4.69, 9.17) is 5.14 Å². The van der Waals surface area contributed by atoms with Crippen molar-refractivity contribution in [2.75, 3.05) is 6.54 Å². The van der Waals surface area contributed by atoms with Crippen molar-refractivity contribution in [3.05, 3.63) is 36.7 Å². The van der Waals surface area contributed by atoms with E-state index in [1.807, 2.05) is 0 Å². The number of primary sulfonamides is 1. The van der Waals surface area contributed by atoms with E-state index in [-0.39, 0.29) is 6.54 Å². The number of rotatable bonds is 6.